The fraction of sp³-hybridized carbons (Fsp3) is 0.409. The maximum Gasteiger partial charge on any atom is 0.251 e. The molecular weight excluding hydrogens is 375 g/mol. The molecule has 2 rings (SSSR count). The number of halogens is 1. The molecule has 0 spiro atoms. The number of ether oxygens (including phenoxy) is 1. The second-order valence-electron chi connectivity index (χ2n) is 6.84. The molecule has 0 saturated heterocycles. The molecule has 0 aliphatic heterocycles. The van der Waals surface area contributed by atoms with Crippen molar-refractivity contribution >= 4 is 11.7 Å². The number of unbranched alkanes of at least 4 members (excludes halogenated alkanes) is 1. The van der Waals surface area contributed by atoms with Crippen molar-refractivity contribution in [3.63, 3.8) is 0 Å². The van der Waals surface area contributed by atoms with E-state index < -0.39 is 29.1 Å². The van der Waals surface area contributed by atoms with Gasteiger partial charge in [0.05, 0.1) is 0 Å². The first-order valence-corrected chi connectivity index (χ1v) is 9.78. The quantitative estimate of drug-likeness (QED) is 0.356. The molecule has 0 unspecified atom stereocenters. The number of Topliss-reactive ketones (excluding diaryl/α,β-unsaturated/α-hetero) is 1. The summed E-state index contributed by atoms with van der Waals surface area (Å²) in [5.41, 5.74) is 0.426. The number of amides is 1. The van der Waals surface area contributed by atoms with E-state index in [0.717, 1.165) is 35.1 Å². The molecular formula is C22H27FN2O4. The van der Waals surface area contributed by atoms with Crippen LogP contribution in [0.25, 0.3) is 0 Å². The van der Waals surface area contributed by atoms with Gasteiger partial charge < -0.3 is 10.1 Å². The summed E-state index contributed by atoms with van der Waals surface area (Å²) in [6, 6.07) is 6.47. The number of nitrogens with one attached hydrogen (secondary N) is 1. The van der Waals surface area contributed by atoms with Crippen LogP contribution in [0, 0.1) is 12.7 Å². The average Bonchev–Trinajstić information content (AvgIpc) is 2.70. The Kier molecular flexibility index (Phi) is 8.73. The molecule has 0 aliphatic rings. The molecule has 1 aromatic heterocycles. The summed E-state index contributed by atoms with van der Waals surface area (Å²) in [6.07, 6.45) is 4.10. The molecule has 0 radical (unpaired) electrons. The van der Waals surface area contributed by atoms with Gasteiger partial charge >= 0.3 is 0 Å². The maximum absolute atomic E-state index is 13.2. The first-order valence-electron chi connectivity index (χ1n) is 9.78. The van der Waals surface area contributed by atoms with E-state index >= 15 is 0 Å². The van der Waals surface area contributed by atoms with Crippen LogP contribution >= 0.6 is 0 Å². The summed E-state index contributed by atoms with van der Waals surface area (Å²) in [6.45, 7) is 5.34. The molecule has 2 aromatic rings. The number of carbonyl (C=O) groups is 2. The van der Waals surface area contributed by atoms with E-state index in [1.165, 1.54) is 24.4 Å². The molecule has 0 aliphatic carbocycles. The van der Waals surface area contributed by atoms with Crippen LogP contribution < -0.4 is 10.9 Å². The Morgan fingerprint density at radius 1 is 1.10 bits per heavy atom. The highest BCUT2D eigenvalue weighted by atomic mass is 19.1. The predicted molar refractivity (Wildman–Crippen MR) is 109 cm³/mol. The Balaban J connectivity index is 2.15. The number of aryl methyl sites for hydroxylation is 1. The van der Waals surface area contributed by atoms with Gasteiger partial charge in [-0.25, -0.2) is 4.39 Å². The van der Waals surface area contributed by atoms with Gasteiger partial charge in [0.1, 0.15) is 5.82 Å². The van der Waals surface area contributed by atoms with Crippen molar-refractivity contribution in [1.29, 1.82) is 0 Å². The molecule has 1 heterocycles. The average molecular weight is 402 g/mol. The SMILES string of the molecule is CCCCOCCCNC(=O)[C@@H](C(=O)c1ccc(F)cc1)n1cc(C)ccc1=O. The van der Waals surface area contributed by atoms with Crippen LogP contribution in [-0.4, -0.2) is 36.0 Å². The lowest BCUT2D eigenvalue weighted by atomic mass is 10.0. The minimum Gasteiger partial charge on any atom is -0.381 e. The molecule has 156 valence electrons. The normalized spacial score (nSPS) is 11.8. The zero-order valence-electron chi connectivity index (χ0n) is 16.8. The molecule has 1 aromatic carbocycles. The number of carbonyl (C=O) groups excluding carboxylic acids is 2. The van der Waals surface area contributed by atoms with E-state index in [1.807, 2.05) is 0 Å². The number of rotatable bonds is 11. The van der Waals surface area contributed by atoms with Crippen molar-refractivity contribution in [3.05, 3.63) is 69.9 Å². The lowest BCUT2D eigenvalue weighted by Crippen LogP contribution is -2.41. The molecule has 7 heteroatoms. The van der Waals surface area contributed by atoms with Gasteiger partial charge in [0.15, 0.2) is 11.8 Å². The number of aromatic nitrogens is 1. The molecule has 1 N–H and O–H groups in total. The van der Waals surface area contributed by atoms with Gasteiger partial charge in [-0.15, -0.1) is 0 Å². The Morgan fingerprint density at radius 3 is 2.48 bits per heavy atom. The van der Waals surface area contributed by atoms with Crippen LogP contribution in [0.3, 0.4) is 0 Å². The highest BCUT2D eigenvalue weighted by Crippen LogP contribution is 2.15. The van der Waals surface area contributed by atoms with Crippen molar-refractivity contribution in [2.45, 2.75) is 39.2 Å². The number of benzene rings is 1. The van der Waals surface area contributed by atoms with Crippen molar-refractivity contribution in [3.8, 4) is 0 Å². The van der Waals surface area contributed by atoms with Gasteiger partial charge in [0.25, 0.3) is 11.5 Å². The minimum absolute atomic E-state index is 0.155. The molecule has 0 saturated carbocycles. The van der Waals surface area contributed by atoms with Gasteiger partial charge in [-0.05, 0) is 49.6 Å². The molecule has 0 bridgehead atoms. The fourth-order valence-corrected chi connectivity index (χ4v) is 2.79. The fourth-order valence-electron chi connectivity index (χ4n) is 2.79. The van der Waals surface area contributed by atoms with Crippen molar-refractivity contribution in [2.75, 3.05) is 19.8 Å². The summed E-state index contributed by atoms with van der Waals surface area (Å²) in [5, 5.41) is 2.71. The third-order valence-corrected chi connectivity index (χ3v) is 4.40. The highest BCUT2D eigenvalue weighted by molar-refractivity contribution is 6.11. The van der Waals surface area contributed by atoms with Crippen molar-refractivity contribution in [2.24, 2.45) is 0 Å². The van der Waals surface area contributed by atoms with Gasteiger partial charge in [0.2, 0.25) is 0 Å². The van der Waals surface area contributed by atoms with Crippen LogP contribution in [0.1, 0.15) is 48.1 Å². The van der Waals surface area contributed by atoms with Crippen LogP contribution in [-0.2, 0) is 9.53 Å². The van der Waals surface area contributed by atoms with Crippen molar-refractivity contribution < 1.29 is 18.7 Å². The second kappa shape index (κ2) is 11.3. The first kappa shape index (κ1) is 22.5. The van der Waals surface area contributed by atoms with E-state index in [1.54, 1.807) is 13.0 Å². The van der Waals surface area contributed by atoms with Gasteiger partial charge in [-0.2, -0.15) is 0 Å². The van der Waals surface area contributed by atoms with E-state index in [4.69, 9.17) is 4.74 Å². The Hall–Kier alpha value is -2.80. The summed E-state index contributed by atoms with van der Waals surface area (Å²) in [4.78, 5) is 38.2. The lowest BCUT2D eigenvalue weighted by molar-refractivity contribution is -0.123. The lowest BCUT2D eigenvalue weighted by Gasteiger charge is -2.19. The standard InChI is InChI=1S/C22H27FN2O4/c1-3-4-13-29-14-5-12-24-22(28)20(25-15-16(2)6-11-19(25)26)21(27)17-7-9-18(23)10-8-17/h6-11,15,20H,3-5,12-14H2,1-2H3,(H,24,28)/t20-/m1/s1. The number of hydrogen-bond donors (Lipinski definition) is 1. The zero-order chi connectivity index (χ0) is 21.2. The van der Waals surface area contributed by atoms with Gasteiger partial charge in [-0.3, -0.25) is 19.0 Å². The van der Waals surface area contributed by atoms with E-state index in [-0.39, 0.29) is 5.56 Å². The number of hydrogen-bond acceptors (Lipinski definition) is 4. The molecule has 1 amide bonds. The Morgan fingerprint density at radius 2 is 1.79 bits per heavy atom. The molecule has 6 nitrogen and oxygen atoms in total. The largest absolute Gasteiger partial charge is 0.381 e. The summed E-state index contributed by atoms with van der Waals surface area (Å²) < 4.78 is 19.8. The van der Waals surface area contributed by atoms with Crippen molar-refractivity contribution in [1.82, 2.24) is 9.88 Å². The summed E-state index contributed by atoms with van der Waals surface area (Å²) >= 11 is 0. The van der Waals surface area contributed by atoms with E-state index in [9.17, 15) is 18.8 Å². The highest BCUT2D eigenvalue weighted by Gasteiger charge is 2.30. The minimum atomic E-state index is -1.37. The predicted octanol–water partition coefficient (Wildman–Crippen LogP) is 3.04. The molecule has 1 atom stereocenters. The van der Waals surface area contributed by atoms with Gasteiger partial charge in [-0.1, -0.05) is 19.4 Å². The second-order valence-corrected chi connectivity index (χ2v) is 6.84. The number of ketones is 1. The molecule has 29 heavy (non-hydrogen) atoms. The number of pyridine rings is 1. The van der Waals surface area contributed by atoms with Gasteiger partial charge in [0, 0.05) is 37.6 Å². The summed E-state index contributed by atoms with van der Waals surface area (Å²) in [5.74, 6) is -1.65. The molecule has 0 fully saturated rings. The first-order chi connectivity index (χ1) is 13.9. The van der Waals surface area contributed by atoms with Crippen LogP contribution in [0.2, 0.25) is 0 Å². The Bertz CT molecular complexity index is 877. The van der Waals surface area contributed by atoms with Crippen LogP contribution in [0.4, 0.5) is 4.39 Å². The third-order valence-electron chi connectivity index (χ3n) is 4.40. The third kappa shape index (κ3) is 6.64. The topological polar surface area (TPSA) is 77.4 Å². The summed E-state index contributed by atoms with van der Waals surface area (Å²) in [7, 11) is 0. The van der Waals surface area contributed by atoms with Crippen LogP contribution in [0.15, 0.2) is 47.4 Å². The van der Waals surface area contributed by atoms with E-state index in [0.29, 0.717) is 26.2 Å². The maximum atomic E-state index is 13.2. The smallest absolute Gasteiger partial charge is 0.251 e. The monoisotopic (exact) mass is 402 g/mol. The van der Waals surface area contributed by atoms with Crippen LogP contribution in [0.5, 0.6) is 0 Å². The van der Waals surface area contributed by atoms with E-state index in [2.05, 4.69) is 12.2 Å². The number of nitrogens with zero attached hydrogens (tertiary/aromatic N) is 1. The zero-order valence-corrected chi connectivity index (χ0v) is 16.8. The Labute approximate surface area is 169 Å².